The van der Waals surface area contributed by atoms with E-state index in [1.165, 1.54) is 0 Å². The van der Waals surface area contributed by atoms with E-state index in [1.54, 1.807) is 19.4 Å². The number of fused-ring (bicyclic) bond motifs is 1. The van der Waals surface area contributed by atoms with Crippen LogP contribution in [0.15, 0.2) is 16.9 Å². The van der Waals surface area contributed by atoms with Gasteiger partial charge >= 0.3 is 0 Å². The lowest BCUT2D eigenvalue weighted by Gasteiger charge is -2.01. The molecule has 0 aliphatic rings. The van der Waals surface area contributed by atoms with Crippen LogP contribution in [0.4, 0.5) is 0 Å². The number of aromatic nitrogens is 3. The first-order chi connectivity index (χ1) is 7.22. The molecule has 0 fully saturated rings. The first-order valence-corrected chi connectivity index (χ1v) is 5.56. The van der Waals surface area contributed by atoms with E-state index >= 15 is 0 Å². The number of hydrogen-bond donors (Lipinski definition) is 0. The first-order valence-electron chi connectivity index (χ1n) is 4.39. The fourth-order valence-corrected chi connectivity index (χ4v) is 2.00. The molecule has 0 aliphatic carbocycles. The third kappa shape index (κ3) is 2.14. The van der Waals surface area contributed by atoms with Crippen molar-refractivity contribution < 1.29 is 4.74 Å². The van der Waals surface area contributed by atoms with Crippen LogP contribution in [0.1, 0.15) is 0 Å². The van der Waals surface area contributed by atoms with Gasteiger partial charge in [-0.2, -0.15) is 5.10 Å². The van der Waals surface area contributed by atoms with E-state index in [0.717, 1.165) is 15.5 Å². The summed E-state index contributed by atoms with van der Waals surface area (Å²) in [6.07, 6.45) is 1.71. The van der Waals surface area contributed by atoms with Gasteiger partial charge in [0, 0.05) is 19.4 Å². The number of pyridine rings is 1. The first kappa shape index (κ1) is 10.9. The molecule has 0 unspecified atom stereocenters. The van der Waals surface area contributed by atoms with Gasteiger partial charge in [0.05, 0.1) is 24.1 Å². The number of halogens is 2. The van der Waals surface area contributed by atoms with E-state index in [9.17, 15) is 0 Å². The number of rotatable bonds is 3. The zero-order chi connectivity index (χ0) is 10.8. The largest absolute Gasteiger partial charge is 0.383 e. The molecule has 0 saturated carbocycles. The van der Waals surface area contributed by atoms with Gasteiger partial charge in [-0.25, -0.2) is 4.98 Å². The lowest BCUT2D eigenvalue weighted by molar-refractivity contribution is 0.185. The molecule has 15 heavy (non-hydrogen) atoms. The van der Waals surface area contributed by atoms with Crippen molar-refractivity contribution in [3.05, 3.63) is 22.0 Å². The smallest absolute Gasteiger partial charge is 0.137 e. The van der Waals surface area contributed by atoms with Crippen molar-refractivity contribution in [1.82, 2.24) is 14.8 Å². The molecule has 2 aromatic heterocycles. The Hall–Kier alpha value is -0.650. The zero-order valence-electron chi connectivity index (χ0n) is 8.07. The summed E-state index contributed by atoms with van der Waals surface area (Å²) >= 11 is 9.21. The van der Waals surface area contributed by atoms with Crippen LogP contribution in [0.25, 0.3) is 10.9 Å². The lowest BCUT2D eigenvalue weighted by Crippen LogP contribution is -2.05. The summed E-state index contributed by atoms with van der Waals surface area (Å²) < 4.78 is 7.63. The van der Waals surface area contributed by atoms with Crippen molar-refractivity contribution in [3.8, 4) is 0 Å². The summed E-state index contributed by atoms with van der Waals surface area (Å²) in [4.78, 5) is 4.01. The summed E-state index contributed by atoms with van der Waals surface area (Å²) in [5.41, 5.74) is 0.957. The molecule has 80 valence electrons. The quantitative estimate of drug-likeness (QED) is 0.815. The summed E-state index contributed by atoms with van der Waals surface area (Å²) in [7, 11) is 1.66. The number of hydrogen-bond acceptors (Lipinski definition) is 3. The van der Waals surface area contributed by atoms with E-state index in [4.69, 9.17) is 16.3 Å². The summed E-state index contributed by atoms with van der Waals surface area (Å²) in [5.74, 6) is 0. The van der Waals surface area contributed by atoms with Gasteiger partial charge in [-0.15, -0.1) is 0 Å². The minimum atomic E-state index is 0.466. The highest BCUT2D eigenvalue weighted by Crippen LogP contribution is 2.24. The summed E-state index contributed by atoms with van der Waals surface area (Å²) in [6, 6.07) is 1.80. The van der Waals surface area contributed by atoms with Crippen molar-refractivity contribution in [2.45, 2.75) is 6.54 Å². The highest BCUT2D eigenvalue weighted by Gasteiger charge is 2.08. The van der Waals surface area contributed by atoms with Crippen molar-refractivity contribution in [2.24, 2.45) is 0 Å². The molecule has 0 spiro atoms. The van der Waals surface area contributed by atoms with Crippen LogP contribution in [0, 0.1) is 0 Å². The van der Waals surface area contributed by atoms with Gasteiger partial charge in [0.15, 0.2) is 0 Å². The molecule has 4 nitrogen and oxygen atoms in total. The van der Waals surface area contributed by atoms with Gasteiger partial charge in [0.25, 0.3) is 0 Å². The summed E-state index contributed by atoms with van der Waals surface area (Å²) in [6.45, 7) is 1.31. The number of ether oxygens (including phenoxy) is 1. The van der Waals surface area contributed by atoms with Gasteiger partial charge in [-0.05, 0) is 15.9 Å². The van der Waals surface area contributed by atoms with E-state index < -0.39 is 0 Å². The predicted octanol–water partition coefficient (Wildman–Crippen LogP) is 2.49. The van der Waals surface area contributed by atoms with E-state index in [-0.39, 0.29) is 0 Å². The Balaban J connectivity index is 2.49. The standard InChI is InChI=1S/C9H9BrClN3O/c1-15-3-2-14-7-4-8(11)12-5-6(7)9(10)13-14/h4-5H,2-3H2,1H3. The second kappa shape index (κ2) is 4.47. The SMILES string of the molecule is COCCn1nc(Br)c2cnc(Cl)cc21. The Morgan fingerprint density at radius 1 is 1.60 bits per heavy atom. The van der Waals surface area contributed by atoms with Crippen LogP contribution in [0.3, 0.4) is 0 Å². The maximum absolute atomic E-state index is 5.84. The second-order valence-electron chi connectivity index (χ2n) is 3.03. The molecule has 0 N–H and O–H groups in total. The molecule has 0 radical (unpaired) electrons. The fraction of sp³-hybridized carbons (Fsp3) is 0.333. The minimum Gasteiger partial charge on any atom is -0.383 e. The maximum atomic E-state index is 5.84. The monoisotopic (exact) mass is 289 g/mol. The maximum Gasteiger partial charge on any atom is 0.137 e. The molecule has 2 rings (SSSR count). The van der Waals surface area contributed by atoms with Crippen molar-refractivity contribution in [3.63, 3.8) is 0 Å². The molecule has 2 heterocycles. The molecule has 0 bridgehead atoms. The van der Waals surface area contributed by atoms with E-state index in [0.29, 0.717) is 18.3 Å². The van der Waals surface area contributed by atoms with Crippen molar-refractivity contribution >= 4 is 38.4 Å². The highest BCUT2D eigenvalue weighted by molar-refractivity contribution is 9.10. The van der Waals surface area contributed by atoms with Crippen LogP contribution in [-0.4, -0.2) is 28.5 Å². The average molecular weight is 291 g/mol. The second-order valence-corrected chi connectivity index (χ2v) is 4.17. The Labute approximate surface area is 100 Å². The third-order valence-electron chi connectivity index (χ3n) is 2.06. The lowest BCUT2D eigenvalue weighted by atomic mass is 10.3. The molecule has 0 aliphatic heterocycles. The predicted molar refractivity (Wildman–Crippen MR) is 62.1 cm³/mol. The molecular formula is C9H9BrClN3O. The Bertz CT molecular complexity index is 485. The molecule has 0 atom stereocenters. The van der Waals surface area contributed by atoms with Gasteiger partial charge in [-0.1, -0.05) is 11.6 Å². The molecule has 0 saturated heterocycles. The van der Waals surface area contributed by atoms with E-state index in [1.807, 2.05) is 4.68 Å². The van der Waals surface area contributed by atoms with Gasteiger partial charge in [-0.3, -0.25) is 4.68 Å². The number of nitrogens with zero attached hydrogens (tertiary/aromatic N) is 3. The van der Waals surface area contributed by atoms with Crippen LogP contribution >= 0.6 is 27.5 Å². The van der Waals surface area contributed by atoms with E-state index in [2.05, 4.69) is 26.0 Å². The Kier molecular flexibility index (Phi) is 3.23. The molecule has 0 aromatic carbocycles. The molecular weight excluding hydrogens is 281 g/mol. The van der Waals surface area contributed by atoms with Gasteiger partial charge < -0.3 is 4.74 Å². The minimum absolute atomic E-state index is 0.466. The normalized spacial score (nSPS) is 11.1. The fourth-order valence-electron chi connectivity index (χ4n) is 1.35. The van der Waals surface area contributed by atoms with Gasteiger partial charge in [0.2, 0.25) is 0 Å². The van der Waals surface area contributed by atoms with Gasteiger partial charge in [0.1, 0.15) is 9.76 Å². The van der Waals surface area contributed by atoms with Crippen LogP contribution in [0.2, 0.25) is 5.15 Å². The van der Waals surface area contributed by atoms with Crippen LogP contribution in [-0.2, 0) is 11.3 Å². The highest BCUT2D eigenvalue weighted by atomic mass is 79.9. The zero-order valence-corrected chi connectivity index (χ0v) is 10.4. The van der Waals surface area contributed by atoms with Crippen LogP contribution < -0.4 is 0 Å². The average Bonchev–Trinajstić information content (AvgIpc) is 2.52. The number of methoxy groups -OCH3 is 1. The van der Waals surface area contributed by atoms with Crippen molar-refractivity contribution in [1.29, 1.82) is 0 Å². The topological polar surface area (TPSA) is 39.9 Å². The van der Waals surface area contributed by atoms with Crippen LogP contribution in [0.5, 0.6) is 0 Å². The Morgan fingerprint density at radius 2 is 2.40 bits per heavy atom. The molecule has 6 heteroatoms. The Morgan fingerprint density at radius 3 is 3.13 bits per heavy atom. The van der Waals surface area contributed by atoms with Crippen molar-refractivity contribution in [2.75, 3.05) is 13.7 Å². The third-order valence-corrected chi connectivity index (χ3v) is 2.86. The molecule has 2 aromatic rings. The summed E-state index contributed by atoms with van der Waals surface area (Å²) in [5, 5.41) is 5.74. The molecule has 0 amide bonds.